The van der Waals surface area contributed by atoms with Crippen LogP contribution in [0.15, 0.2) is 11.1 Å². The fraction of sp³-hybridized carbons (Fsp3) is 0.467. The topological polar surface area (TPSA) is 72.8 Å². The molecule has 0 atom stereocenters. The van der Waals surface area contributed by atoms with E-state index in [1.165, 1.54) is 17.6 Å². The molecule has 0 spiro atoms. The van der Waals surface area contributed by atoms with Crippen LogP contribution >= 0.6 is 11.3 Å². The normalized spacial score (nSPS) is 16.7. The number of rotatable bonds is 4. The lowest BCUT2D eigenvalue weighted by Gasteiger charge is -2.14. The highest BCUT2D eigenvalue weighted by atomic mass is 32.1. The standard InChI is InChI=1S/C15H17NO4S/c1-3-20-15(19)10-7-9(2)21-14(10)16-8-11-12(17)5-4-6-13(11)18/h7-8,11H,3-6H2,1-2H3. The summed E-state index contributed by atoms with van der Waals surface area (Å²) in [4.78, 5) is 40.5. The van der Waals surface area contributed by atoms with Crippen molar-refractivity contribution in [1.82, 2.24) is 0 Å². The summed E-state index contributed by atoms with van der Waals surface area (Å²) >= 11 is 1.34. The van der Waals surface area contributed by atoms with Crippen LogP contribution in [0.1, 0.15) is 41.4 Å². The predicted molar refractivity (Wildman–Crippen MR) is 80.5 cm³/mol. The molecular weight excluding hydrogens is 290 g/mol. The molecule has 1 aliphatic rings. The van der Waals surface area contributed by atoms with E-state index < -0.39 is 11.9 Å². The summed E-state index contributed by atoms with van der Waals surface area (Å²) < 4.78 is 4.98. The zero-order valence-corrected chi connectivity index (χ0v) is 12.9. The quantitative estimate of drug-likeness (QED) is 0.487. The van der Waals surface area contributed by atoms with Crippen molar-refractivity contribution in [3.05, 3.63) is 16.5 Å². The maximum Gasteiger partial charge on any atom is 0.341 e. The molecule has 1 aromatic heterocycles. The zero-order chi connectivity index (χ0) is 15.4. The van der Waals surface area contributed by atoms with E-state index in [4.69, 9.17) is 4.74 Å². The first-order chi connectivity index (χ1) is 10.0. The SMILES string of the molecule is CCOC(=O)c1cc(C)sc1N=CC1C(=O)CCCC1=O. The highest BCUT2D eigenvalue weighted by molar-refractivity contribution is 7.16. The second-order valence-corrected chi connectivity index (χ2v) is 6.07. The van der Waals surface area contributed by atoms with Gasteiger partial charge in [0.15, 0.2) is 0 Å². The number of Topliss-reactive ketones (excluding diaryl/α,β-unsaturated/α-hetero) is 2. The zero-order valence-electron chi connectivity index (χ0n) is 12.0. The van der Waals surface area contributed by atoms with E-state index >= 15 is 0 Å². The number of hydrogen-bond acceptors (Lipinski definition) is 6. The molecule has 2 rings (SSSR count). The Morgan fingerprint density at radius 1 is 1.43 bits per heavy atom. The molecule has 0 bridgehead atoms. The van der Waals surface area contributed by atoms with Crippen molar-refractivity contribution < 1.29 is 19.1 Å². The molecule has 0 N–H and O–H groups in total. The van der Waals surface area contributed by atoms with Crippen LogP contribution in [0.5, 0.6) is 0 Å². The maximum atomic E-state index is 11.8. The second kappa shape index (κ2) is 6.76. The molecule has 0 aliphatic heterocycles. The highest BCUT2D eigenvalue weighted by Gasteiger charge is 2.28. The monoisotopic (exact) mass is 307 g/mol. The summed E-state index contributed by atoms with van der Waals surface area (Å²) in [7, 11) is 0. The molecule has 1 fully saturated rings. The molecule has 0 radical (unpaired) electrons. The van der Waals surface area contributed by atoms with Crippen LogP contribution in [0.3, 0.4) is 0 Å². The molecular formula is C15H17NO4S. The van der Waals surface area contributed by atoms with Gasteiger partial charge in [-0.3, -0.25) is 9.59 Å². The Balaban J connectivity index is 2.22. The Bertz CT molecular complexity index is 587. The van der Waals surface area contributed by atoms with E-state index in [0.717, 1.165) is 4.88 Å². The van der Waals surface area contributed by atoms with Crippen molar-refractivity contribution in [2.24, 2.45) is 10.9 Å². The Kier molecular flexibility index (Phi) is 5.01. The largest absolute Gasteiger partial charge is 0.462 e. The van der Waals surface area contributed by atoms with Crippen LogP contribution in [-0.4, -0.2) is 30.4 Å². The molecule has 21 heavy (non-hydrogen) atoms. The van der Waals surface area contributed by atoms with Crippen molar-refractivity contribution >= 4 is 40.1 Å². The molecule has 112 valence electrons. The lowest BCUT2D eigenvalue weighted by Crippen LogP contribution is -2.29. The maximum absolute atomic E-state index is 11.8. The summed E-state index contributed by atoms with van der Waals surface area (Å²) in [6, 6.07) is 1.71. The van der Waals surface area contributed by atoms with Crippen molar-refractivity contribution in [2.75, 3.05) is 6.61 Å². The van der Waals surface area contributed by atoms with E-state index in [2.05, 4.69) is 4.99 Å². The number of carbonyl (C=O) groups is 3. The molecule has 1 aliphatic carbocycles. The number of thiophene rings is 1. The molecule has 0 amide bonds. The lowest BCUT2D eigenvalue weighted by atomic mass is 9.88. The summed E-state index contributed by atoms with van der Waals surface area (Å²) in [5.41, 5.74) is 0.381. The van der Waals surface area contributed by atoms with Gasteiger partial charge in [-0.2, -0.15) is 0 Å². The van der Waals surface area contributed by atoms with E-state index in [0.29, 0.717) is 29.8 Å². The number of nitrogens with zero attached hydrogens (tertiary/aromatic N) is 1. The number of hydrogen-bond donors (Lipinski definition) is 0. The van der Waals surface area contributed by atoms with Gasteiger partial charge in [-0.25, -0.2) is 9.79 Å². The third-order valence-corrected chi connectivity index (χ3v) is 4.17. The summed E-state index contributed by atoms with van der Waals surface area (Å²) in [6.07, 6.45) is 2.82. The number of ketones is 2. The highest BCUT2D eigenvalue weighted by Crippen LogP contribution is 2.31. The Morgan fingerprint density at radius 3 is 2.71 bits per heavy atom. The molecule has 6 heteroatoms. The average Bonchev–Trinajstić information content (AvgIpc) is 2.80. The van der Waals surface area contributed by atoms with E-state index in [-0.39, 0.29) is 18.2 Å². The van der Waals surface area contributed by atoms with Gasteiger partial charge in [0.1, 0.15) is 22.5 Å². The van der Waals surface area contributed by atoms with Gasteiger partial charge in [0.25, 0.3) is 0 Å². The van der Waals surface area contributed by atoms with Crippen molar-refractivity contribution in [3.8, 4) is 0 Å². The first kappa shape index (κ1) is 15.6. The Morgan fingerprint density at radius 2 is 2.10 bits per heavy atom. The molecule has 1 aromatic rings. The Labute approximate surface area is 127 Å². The van der Waals surface area contributed by atoms with Crippen LogP contribution in [0.4, 0.5) is 5.00 Å². The molecule has 5 nitrogen and oxygen atoms in total. The van der Waals surface area contributed by atoms with Crippen LogP contribution in [0, 0.1) is 12.8 Å². The van der Waals surface area contributed by atoms with Gasteiger partial charge in [-0.05, 0) is 26.3 Å². The van der Waals surface area contributed by atoms with Crippen LogP contribution < -0.4 is 0 Å². The van der Waals surface area contributed by atoms with E-state index in [9.17, 15) is 14.4 Å². The van der Waals surface area contributed by atoms with Crippen LogP contribution in [-0.2, 0) is 14.3 Å². The summed E-state index contributed by atoms with van der Waals surface area (Å²) in [5, 5.41) is 0.483. The minimum Gasteiger partial charge on any atom is -0.462 e. The van der Waals surface area contributed by atoms with Gasteiger partial charge in [0, 0.05) is 23.9 Å². The number of carbonyl (C=O) groups excluding carboxylic acids is 3. The number of aryl methyl sites for hydroxylation is 1. The first-order valence-electron chi connectivity index (χ1n) is 6.90. The van der Waals surface area contributed by atoms with Crippen LogP contribution in [0.25, 0.3) is 0 Å². The molecule has 1 saturated carbocycles. The van der Waals surface area contributed by atoms with Crippen molar-refractivity contribution in [1.29, 1.82) is 0 Å². The number of ether oxygens (including phenoxy) is 1. The molecule has 0 aromatic carbocycles. The van der Waals surface area contributed by atoms with Gasteiger partial charge >= 0.3 is 5.97 Å². The molecule has 0 saturated heterocycles. The summed E-state index contributed by atoms with van der Waals surface area (Å²) in [6.45, 7) is 3.89. The van der Waals surface area contributed by atoms with Gasteiger partial charge in [0.2, 0.25) is 0 Å². The van der Waals surface area contributed by atoms with Gasteiger partial charge in [-0.15, -0.1) is 11.3 Å². The Hall–Kier alpha value is -1.82. The van der Waals surface area contributed by atoms with Gasteiger partial charge < -0.3 is 4.74 Å². The predicted octanol–water partition coefficient (Wildman–Crippen LogP) is 2.87. The van der Waals surface area contributed by atoms with Gasteiger partial charge in [0.05, 0.1) is 12.2 Å². The fourth-order valence-corrected chi connectivity index (χ4v) is 3.04. The first-order valence-corrected chi connectivity index (χ1v) is 7.71. The third-order valence-electron chi connectivity index (χ3n) is 3.21. The average molecular weight is 307 g/mol. The van der Waals surface area contributed by atoms with E-state index in [1.807, 2.05) is 6.92 Å². The lowest BCUT2D eigenvalue weighted by molar-refractivity contribution is -0.132. The third kappa shape index (κ3) is 3.64. The minimum absolute atomic E-state index is 0.0963. The summed E-state index contributed by atoms with van der Waals surface area (Å²) in [5.74, 6) is -1.39. The second-order valence-electron chi connectivity index (χ2n) is 4.84. The van der Waals surface area contributed by atoms with E-state index in [1.54, 1.807) is 13.0 Å². The fourth-order valence-electron chi connectivity index (χ4n) is 2.19. The van der Waals surface area contributed by atoms with Gasteiger partial charge in [-0.1, -0.05) is 0 Å². The number of esters is 1. The van der Waals surface area contributed by atoms with Crippen molar-refractivity contribution in [3.63, 3.8) is 0 Å². The molecule has 1 heterocycles. The smallest absolute Gasteiger partial charge is 0.341 e. The van der Waals surface area contributed by atoms with Crippen molar-refractivity contribution in [2.45, 2.75) is 33.1 Å². The minimum atomic E-state index is -0.767. The molecule has 0 unspecified atom stereocenters. The van der Waals surface area contributed by atoms with Crippen LogP contribution in [0.2, 0.25) is 0 Å². The number of aliphatic imine (C=N–C) groups is 1.